The number of ketones is 2. The van der Waals surface area contributed by atoms with Crippen molar-refractivity contribution in [2.24, 2.45) is 5.84 Å². The monoisotopic (exact) mass is 1920 g/mol. The maximum Gasteiger partial charge on any atom is 0.309 e. The second kappa shape index (κ2) is 44.6. The number of Topliss-reactive ketones (excluding diaryl/α,β-unsaturated/α-hetero) is 2. The van der Waals surface area contributed by atoms with Crippen LogP contribution in [0.4, 0.5) is 34.6 Å². The summed E-state index contributed by atoms with van der Waals surface area (Å²) in [6, 6.07) is 73.6. The molecule has 0 fully saturated rings. The topological polar surface area (TPSA) is 461 Å². The number of hydrogen-bond acceptors (Lipinski definition) is 23. The Hall–Kier alpha value is -16.5. The number of benzene rings is 8. The van der Waals surface area contributed by atoms with Crippen molar-refractivity contribution in [2.45, 2.75) is 133 Å². The number of carboxylic acids is 1. The molecule has 0 saturated heterocycles. The van der Waals surface area contributed by atoms with Crippen LogP contribution in [0.2, 0.25) is 0 Å². The number of nitrogens with one attached hydrogen (secondary N) is 3. The molecule has 0 unspecified atom stereocenters. The van der Waals surface area contributed by atoms with Crippen LogP contribution in [0.1, 0.15) is 116 Å². The lowest BCUT2D eigenvalue weighted by Crippen LogP contribution is -2.17. The fourth-order valence-corrected chi connectivity index (χ4v) is 16.9. The van der Waals surface area contributed by atoms with Gasteiger partial charge in [-0.25, -0.2) is 62.0 Å². The molecule has 0 aliphatic carbocycles. The minimum atomic E-state index is -3.95. The Morgan fingerprint density at radius 1 is 0.435 bits per heavy atom. The van der Waals surface area contributed by atoms with Gasteiger partial charge < -0.3 is 31.7 Å². The number of hydrazine groups is 1. The van der Waals surface area contributed by atoms with Gasteiger partial charge in [-0.2, -0.15) is 25.7 Å². The van der Waals surface area contributed by atoms with Crippen LogP contribution in [0.15, 0.2) is 288 Å². The number of nitrogen functional groups attached to an aromatic ring is 3. The molecule has 702 valence electrons. The van der Waals surface area contributed by atoms with E-state index in [0.717, 1.165) is 82.8 Å². The molecule has 0 atom stereocenters. The Morgan fingerprint density at radius 2 is 0.768 bits per heavy atom. The number of nitriles is 1. The Morgan fingerprint density at radius 3 is 1.09 bits per heavy atom. The van der Waals surface area contributed by atoms with Gasteiger partial charge in [0, 0.05) is 86.8 Å². The number of anilines is 5. The largest absolute Gasteiger partial charge is 0.481 e. The van der Waals surface area contributed by atoms with Crippen LogP contribution < -0.4 is 32.2 Å². The normalized spacial score (nSPS) is 11.3. The van der Waals surface area contributed by atoms with Crippen molar-refractivity contribution < 1.29 is 44.7 Å². The lowest BCUT2D eigenvalue weighted by molar-refractivity contribution is -0.136. The van der Waals surface area contributed by atoms with Crippen molar-refractivity contribution in [1.82, 2.24) is 64.0 Å². The smallest absolute Gasteiger partial charge is 0.309 e. The molecule has 0 saturated carbocycles. The van der Waals surface area contributed by atoms with Gasteiger partial charge in [0.05, 0.1) is 114 Å². The predicted molar refractivity (Wildman–Crippen MR) is 538 cm³/mol. The molecule has 0 radical (unpaired) electrons. The number of aliphatic carboxylic acids is 1. The van der Waals surface area contributed by atoms with Gasteiger partial charge in [0.2, 0.25) is 6.54 Å². The lowest BCUT2D eigenvalue weighted by atomic mass is 9.87. The Kier molecular flexibility index (Phi) is 33.0. The van der Waals surface area contributed by atoms with Crippen LogP contribution in [0.5, 0.6) is 0 Å². The average molecular weight is 1930 g/mol. The van der Waals surface area contributed by atoms with Gasteiger partial charge in [-0.1, -0.05) is 129 Å². The summed E-state index contributed by atoms with van der Waals surface area (Å²) in [6.45, 7) is 41.8. The number of rotatable bonds is 19. The standard InChI is InChI=1S/C25H26N4O3S.C24H24N4O4S.C15H10N6.C15H14N4O.C10H13ClO2S.C9H9N3.C3H2N2/c1-17(30)15-19-16-24(28-33(31,32)20-12-10-18(11-13-20)25(2,3)4)29(27-19)23-9-5-8-22-21(23)7-6-14-26-22;1-24(2,3)16-9-11-18(12-10-16)33(31,32)27-22-14-17(15-23(29)30)26-28(22)21-8-4-7-20-19(21)6-5-13-25-20;1-17-9-12-14(18-2)15(16)21(20-12)13-7-3-6-11-10(13)5-4-8-19-11;1-10(20)8-11-9-15(16)19(18-11)14-6-2-5-13-12(14)4-3-7-17-13;1-10(2,3)8-4-6-9(7-5-8)14(11,12)13;10-12-9-5-1-4-8-7(9)3-2-6-11-8;1-5-3-2-4/h5-14,16,28H,15H2,1-4H3;4-14,27H,15H2,1-3H3,(H,29,30);3-8H,9,16H2;2-7,9H,8,16H2,1H3;4-7H,1-3H3;1-6,12H,10H2;3H2. The molecule has 0 bridgehead atoms. The van der Waals surface area contributed by atoms with Crippen LogP contribution in [-0.2, 0) is 85.5 Å². The van der Waals surface area contributed by atoms with Crippen LogP contribution >= 0.6 is 10.7 Å². The number of fused-ring (bicyclic) bond motifs is 5. The van der Waals surface area contributed by atoms with E-state index in [0.29, 0.717) is 46.2 Å². The first-order chi connectivity index (χ1) is 65.5. The minimum Gasteiger partial charge on any atom is -0.481 e. The second-order valence-electron chi connectivity index (χ2n) is 34.0. The van der Waals surface area contributed by atoms with Crippen LogP contribution in [0.25, 0.3) is 91.8 Å². The van der Waals surface area contributed by atoms with E-state index in [1.807, 2.05) is 146 Å². The van der Waals surface area contributed by atoms with E-state index in [1.165, 1.54) is 46.1 Å². The molecule has 17 aromatic rings. The number of carbonyl (C=O) groups is 3. The first-order valence-corrected chi connectivity index (χ1v) is 47.8. The average Bonchev–Trinajstić information content (AvgIpc) is 1.61. The first kappa shape index (κ1) is 102. The highest BCUT2D eigenvalue weighted by Crippen LogP contribution is 2.36. The molecule has 9 aromatic heterocycles. The number of nitrogens with zero attached hydrogens (tertiary/aromatic N) is 17. The summed E-state index contributed by atoms with van der Waals surface area (Å²) >= 11 is 0. The fraction of sp³-hybridized carbons (Fsp3) is 0.188. The van der Waals surface area contributed by atoms with E-state index >= 15 is 0 Å². The van der Waals surface area contributed by atoms with Crippen LogP contribution in [0.3, 0.4) is 0 Å². The second-order valence-corrected chi connectivity index (χ2v) is 40.0. The summed E-state index contributed by atoms with van der Waals surface area (Å²) in [5.74, 6) is 5.43. The number of nitrogens with two attached hydrogens (primary N) is 3. The van der Waals surface area contributed by atoms with Gasteiger partial charge in [-0.3, -0.25) is 54.6 Å². The number of carboxylic acid groups (broad SMARTS) is 1. The minimum absolute atomic E-state index is 0.0139. The number of aromatic nitrogens is 13. The summed E-state index contributed by atoms with van der Waals surface area (Å²) < 4.78 is 86.0. The van der Waals surface area contributed by atoms with Crippen molar-refractivity contribution in [3.63, 3.8) is 0 Å². The molecule has 33 nitrogen and oxygen atoms in total. The maximum atomic E-state index is 13.2. The van der Waals surface area contributed by atoms with Gasteiger partial charge in [0.15, 0.2) is 5.69 Å². The molecule has 8 aromatic carbocycles. The molecule has 0 aliphatic heterocycles. The Bertz CT molecular complexity index is 7620. The molecule has 17 rings (SSSR count). The van der Waals surface area contributed by atoms with E-state index in [1.54, 1.807) is 121 Å². The molecule has 0 spiro atoms. The quantitative estimate of drug-likeness (QED) is 0.0130. The Balaban J connectivity index is 0.000000162. The summed E-state index contributed by atoms with van der Waals surface area (Å²) in [7, 11) is -6.23. The highest BCUT2D eigenvalue weighted by molar-refractivity contribution is 8.13. The molecule has 37 heteroatoms. The van der Waals surface area contributed by atoms with E-state index in [9.17, 15) is 44.7 Å². The number of carbonyl (C=O) groups excluding carboxylic acids is 2. The van der Waals surface area contributed by atoms with Gasteiger partial charge in [-0.15, -0.1) is 0 Å². The van der Waals surface area contributed by atoms with Crippen LogP contribution in [0, 0.1) is 31.0 Å². The van der Waals surface area contributed by atoms with Gasteiger partial charge in [0.25, 0.3) is 41.3 Å². The zero-order valence-corrected chi connectivity index (χ0v) is 80.3. The van der Waals surface area contributed by atoms with E-state index in [2.05, 4.69) is 137 Å². The summed E-state index contributed by atoms with van der Waals surface area (Å²) in [6.07, 6.45) is 8.64. The van der Waals surface area contributed by atoms with Gasteiger partial charge in [-0.05, 0) is 205 Å². The molecule has 9 heterocycles. The number of halogens is 1. The molecule has 0 amide bonds. The molecule has 10 N–H and O–H groups in total. The van der Waals surface area contributed by atoms with E-state index < -0.39 is 35.1 Å². The highest BCUT2D eigenvalue weighted by Gasteiger charge is 2.27. The van der Waals surface area contributed by atoms with Crippen molar-refractivity contribution >= 4 is 146 Å². The Labute approximate surface area is 803 Å². The molecule has 138 heavy (non-hydrogen) atoms. The summed E-state index contributed by atoms with van der Waals surface area (Å²) in [5, 5.41) is 38.9. The summed E-state index contributed by atoms with van der Waals surface area (Å²) in [4.78, 5) is 65.5. The SMILES string of the molecule is CC(=O)Cc1cc(N)n(-c2cccc3ncccc23)n1.CC(=O)Cc1cc(NS(=O)(=O)c2ccc(C(C)(C)C)cc2)n(-c2cccc3ncccc23)n1.CC(C)(C)c1ccc(S(=O)(=O)Cl)cc1.CC(C)(C)c1ccc(S(=O)(=O)Nc2cc(CC(=O)O)nn2-c2cccc3ncccc23)cc1.NNc1cccc2ncccc12.[C-]#[N+]CC#N.[C-]#[N+]Cc1nn(-c2cccc3ncccc23)c(N)c1[N+]#[C-]. The van der Waals surface area contributed by atoms with Gasteiger partial charge in [0.1, 0.15) is 40.9 Å². The van der Waals surface area contributed by atoms with Crippen molar-refractivity contribution in [3.05, 3.63) is 347 Å². The van der Waals surface area contributed by atoms with E-state index in [-0.39, 0.29) is 97.3 Å². The van der Waals surface area contributed by atoms with Crippen molar-refractivity contribution in [3.8, 4) is 28.8 Å². The maximum absolute atomic E-state index is 13.2. The fourth-order valence-electron chi connectivity index (χ4n) is 14.0. The number of pyridine rings is 5. The van der Waals surface area contributed by atoms with Gasteiger partial charge >= 0.3 is 5.97 Å². The lowest BCUT2D eigenvalue weighted by Gasteiger charge is -2.19. The summed E-state index contributed by atoms with van der Waals surface area (Å²) in [5.41, 5.74) is 27.5. The first-order valence-electron chi connectivity index (χ1n) is 42.5. The zero-order valence-electron chi connectivity index (χ0n) is 77.1. The predicted octanol–water partition coefficient (Wildman–Crippen LogP) is 18.8. The third kappa shape index (κ3) is 26.1. The third-order valence-electron chi connectivity index (χ3n) is 20.7. The zero-order chi connectivity index (χ0) is 100. The van der Waals surface area contributed by atoms with E-state index in [4.69, 9.17) is 53.0 Å². The molecular weight excluding hydrogens is 1830 g/mol. The van der Waals surface area contributed by atoms with Crippen LogP contribution in [-0.4, -0.2) is 118 Å². The third-order valence-corrected chi connectivity index (χ3v) is 24.8. The number of hydrogen-bond donors (Lipinski definition) is 7. The number of sulfonamides is 2. The van der Waals surface area contributed by atoms with Crippen molar-refractivity contribution in [2.75, 3.05) is 32.9 Å². The highest BCUT2D eigenvalue weighted by atomic mass is 35.7. The molecule has 0 aliphatic rings. The molecular formula is C101H98ClN23O10S3. The van der Waals surface area contributed by atoms with Crippen molar-refractivity contribution in [1.29, 1.82) is 5.26 Å².